The fourth-order valence-corrected chi connectivity index (χ4v) is 10.3. The summed E-state index contributed by atoms with van der Waals surface area (Å²) in [4.78, 5) is 13.7. The first-order valence-corrected chi connectivity index (χ1v) is 14.2. The molecule has 1 amide bonds. The Morgan fingerprint density at radius 2 is 1.34 bits per heavy atom. The summed E-state index contributed by atoms with van der Waals surface area (Å²) in [5, 5.41) is 3.25. The monoisotopic (exact) mass is 424 g/mol. The van der Waals surface area contributed by atoms with Crippen molar-refractivity contribution in [2.75, 3.05) is 23.8 Å². The molecule has 0 heterocycles. The van der Waals surface area contributed by atoms with Gasteiger partial charge in [0.25, 0.3) is 5.91 Å². The van der Waals surface area contributed by atoms with E-state index in [1.54, 1.807) is 0 Å². The SMILES string of the molecule is CCCC[P+](CCCC)(CCCC)C(CCC)C(=O)Nc1c(C)cc(F)cc1C. The fourth-order valence-electron chi connectivity index (χ4n) is 4.46. The molecule has 0 aliphatic carbocycles. The van der Waals surface area contributed by atoms with Gasteiger partial charge in [0.2, 0.25) is 0 Å². The van der Waals surface area contributed by atoms with Crippen LogP contribution in [0.2, 0.25) is 0 Å². The van der Waals surface area contributed by atoms with Crippen molar-refractivity contribution in [2.45, 2.75) is 98.6 Å². The van der Waals surface area contributed by atoms with Crippen LogP contribution >= 0.6 is 7.26 Å². The van der Waals surface area contributed by atoms with E-state index in [2.05, 4.69) is 33.0 Å². The standard InChI is InChI=1S/C25H43FNOP/c1-7-11-15-29(16-12-8-2,17-13-9-3)23(14-10-4)25(28)27-24-20(5)18-22(26)19-21(24)6/h18-19,23H,7-17H2,1-6H3/p+1. The van der Waals surface area contributed by atoms with E-state index in [0.29, 0.717) is 0 Å². The molecular formula is C25H44FNOP+. The Balaban J connectivity index is 3.27. The molecule has 0 saturated heterocycles. The molecule has 1 aromatic rings. The smallest absolute Gasteiger partial charge is 0.265 e. The number of unbranched alkanes of at least 4 members (excludes halogenated alkanes) is 3. The number of amides is 1. The summed E-state index contributed by atoms with van der Waals surface area (Å²) >= 11 is 0. The zero-order chi connectivity index (χ0) is 21.9. The Kier molecular flexibility index (Phi) is 12.0. The average molecular weight is 425 g/mol. The highest BCUT2D eigenvalue weighted by atomic mass is 31.2. The zero-order valence-corrected chi connectivity index (χ0v) is 20.6. The van der Waals surface area contributed by atoms with E-state index in [1.807, 2.05) is 13.8 Å². The molecule has 0 fully saturated rings. The van der Waals surface area contributed by atoms with Crippen molar-refractivity contribution in [3.05, 3.63) is 29.1 Å². The van der Waals surface area contributed by atoms with Crippen molar-refractivity contribution < 1.29 is 9.18 Å². The minimum atomic E-state index is -1.39. The predicted octanol–water partition coefficient (Wildman–Crippen LogP) is 7.97. The Bertz CT molecular complexity index is 586. The van der Waals surface area contributed by atoms with Crippen LogP contribution in [0.4, 0.5) is 10.1 Å². The molecule has 166 valence electrons. The highest BCUT2D eigenvalue weighted by molar-refractivity contribution is 7.77. The summed E-state index contributed by atoms with van der Waals surface area (Å²) in [6.07, 6.45) is 13.0. The third-order valence-corrected chi connectivity index (χ3v) is 11.6. The number of carbonyl (C=O) groups is 1. The molecule has 1 N–H and O–H groups in total. The van der Waals surface area contributed by atoms with Gasteiger partial charge in [-0.25, -0.2) is 4.39 Å². The van der Waals surface area contributed by atoms with Crippen LogP contribution in [-0.4, -0.2) is 30.1 Å². The quantitative estimate of drug-likeness (QED) is 0.301. The number of benzene rings is 1. The Labute approximate surface area is 179 Å². The van der Waals surface area contributed by atoms with Crippen molar-refractivity contribution in [2.24, 2.45) is 0 Å². The van der Waals surface area contributed by atoms with Gasteiger partial charge in [-0.05, 0) is 62.8 Å². The molecule has 1 aromatic carbocycles. The number of carbonyl (C=O) groups excluding carboxylic acids is 1. The average Bonchev–Trinajstić information content (AvgIpc) is 2.68. The summed E-state index contributed by atoms with van der Waals surface area (Å²) < 4.78 is 13.7. The van der Waals surface area contributed by atoms with Crippen LogP contribution in [0.25, 0.3) is 0 Å². The predicted molar refractivity (Wildman–Crippen MR) is 129 cm³/mol. The Hall–Kier alpha value is -0.950. The van der Waals surface area contributed by atoms with Crippen molar-refractivity contribution in [1.29, 1.82) is 0 Å². The van der Waals surface area contributed by atoms with Crippen molar-refractivity contribution in [3.8, 4) is 0 Å². The normalized spacial score (nSPS) is 12.8. The lowest BCUT2D eigenvalue weighted by Crippen LogP contribution is -2.34. The molecule has 0 bridgehead atoms. The maximum Gasteiger partial charge on any atom is 0.265 e. The molecular weight excluding hydrogens is 380 g/mol. The number of halogens is 1. The van der Waals surface area contributed by atoms with E-state index >= 15 is 0 Å². The topological polar surface area (TPSA) is 29.1 Å². The summed E-state index contributed by atoms with van der Waals surface area (Å²) in [5.74, 6) is -0.0555. The van der Waals surface area contributed by atoms with Crippen LogP contribution in [0.5, 0.6) is 0 Å². The van der Waals surface area contributed by atoms with Crippen LogP contribution in [0.3, 0.4) is 0 Å². The maximum atomic E-state index is 13.7. The largest absolute Gasteiger partial charge is 0.322 e. The number of anilines is 1. The van der Waals surface area contributed by atoms with E-state index in [1.165, 1.54) is 69.1 Å². The summed E-state index contributed by atoms with van der Waals surface area (Å²) in [7, 11) is -1.39. The van der Waals surface area contributed by atoms with Gasteiger partial charge in [0.15, 0.2) is 0 Å². The van der Waals surface area contributed by atoms with Gasteiger partial charge in [0, 0.05) is 12.9 Å². The molecule has 0 radical (unpaired) electrons. The molecule has 4 heteroatoms. The molecule has 29 heavy (non-hydrogen) atoms. The van der Waals surface area contributed by atoms with Gasteiger partial charge in [-0.2, -0.15) is 0 Å². The van der Waals surface area contributed by atoms with E-state index in [4.69, 9.17) is 0 Å². The third-order valence-electron chi connectivity index (χ3n) is 6.14. The van der Waals surface area contributed by atoms with Gasteiger partial charge in [-0.15, -0.1) is 0 Å². The number of aryl methyl sites for hydroxylation is 2. The maximum absolute atomic E-state index is 13.7. The molecule has 0 spiro atoms. The van der Waals surface area contributed by atoms with Crippen LogP contribution < -0.4 is 5.32 Å². The summed E-state index contributed by atoms with van der Waals surface area (Å²) in [6.45, 7) is 12.7. The van der Waals surface area contributed by atoms with Gasteiger partial charge in [-0.1, -0.05) is 53.4 Å². The van der Waals surface area contributed by atoms with Crippen molar-refractivity contribution in [1.82, 2.24) is 0 Å². The summed E-state index contributed by atoms with van der Waals surface area (Å²) in [6, 6.07) is 3.04. The van der Waals surface area contributed by atoms with E-state index in [-0.39, 0.29) is 17.4 Å². The number of rotatable bonds is 14. The molecule has 0 aliphatic rings. The minimum absolute atomic E-state index is 0.126. The van der Waals surface area contributed by atoms with Crippen molar-refractivity contribution in [3.63, 3.8) is 0 Å². The van der Waals surface area contributed by atoms with Gasteiger partial charge in [-0.3, -0.25) is 4.79 Å². The molecule has 1 atom stereocenters. The third kappa shape index (κ3) is 7.67. The van der Waals surface area contributed by atoms with Gasteiger partial charge >= 0.3 is 0 Å². The summed E-state index contributed by atoms with van der Waals surface area (Å²) in [5.41, 5.74) is 2.55. The first-order valence-electron chi connectivity index (χ1n) is 11.8. The molecule has 1 unspecified atom stereocenters. The molecule has 0 saturated carbocycles. The minimum Gasteiger partial charge on any atom is -0.322 e. The highest BCUT2D eigenvalue weighted by Crippen LogP contribution is 2.66. The number of hydrogen-bond donors (Lipinski definition) is 1. The van der Waals surface area contributed by atoms with Crippen LogP contribution in [0.1, 0.15) is 90.2 Å². The second-order valence-electron chi connectivity index (χ2n) is 8.66. The van der Waals surface area contributed by atoms with E-state index < -0.39 is 7.26 Å². The lowest BCUT2D eigenvalue weighted by molar-refractivity contribution is -0.116. The van der Waals surface area contributed by atoms with Gasteiger partial charge < -0.3 is 5.32 Å². The van der Waals surface area contributed by atoms with Crippen molar-refractivity contribution >= 4 is 18.9 Å². The van der Waals surface area contributed by atoms with E-state index in [9.17, 15) is 9.18 Å². The lowest BCUT2D eigenvalue weighted by atomic mass is 10.1. The number of nitrogens with one attached hydrogen (secondary N) is 1. The molecule has 0 aromatic heterocycles. The lowest BCUT2D eigenvalue weighted by Gasteiger charge is -2.35. The first-order chi connectivity index (χ1) is 13.8. The Morgan fingerprint density at radius 1 is 0.897 bits per heavy atom. The Morgan fingerprint density at radius 3 is 1.72 bits per heavy atom. The number of hydrogen-bond acceptors (Lipinski definition) is 1. The second-order valence-corrected chi connectivity index (χ2v) is 13.1. The van der Waals surface area contributed by atoms with Crippen LogP contribution in [0.15, 0.2) is 12.1 Å². The molecule has 1 rings (SSSR count). The second kappa shape index (κ2) is 13.4. The van der Waals surface area contributed by atoms with Crippen LogP contribution in [-0.2, 0) is 4.79 Å². The van der Waals surface area contributed by atoms with Crippen LogP contribution in [0, 0.1) is 19.7 Å². The highest BCUT2D eigenvalue weighted by Gasteiger charge is 2.47. The zero-order valence-electron chi connectivity index (χ0n) is 19.7. The molecule has 0 aliphatic heterocycles. The van der Waals surface area contributed by atoms with Gasteiger partial charge in [0.1, 0.15) is 11.5 Å². The van der Waals surface area contributed by atoms with Gasteiger partial charge in [0.05, 0.1) is 18.5 Å². The first kappa shape index (κ1) is 26.1. The fraction of sp³-hybridized carbons (Fsp3) is 0.720. The van der Waals surface area contributed by atoms with E-state index in [0.717, 1.165) is 29.7 Å². The molecule has 2 nitrogen and oxygen atoms in total.